The summed E-state index contributed by atoms with van der Waals surface area (Å²) in [6.45, 7) is 13.7. The summed E-state index contributed by atoms with van der Waals surface area (Å²) >= 11 is 33.5. The first kappa shape index (κ1) is 42.0. The molecule has 0 saturated carbocycles. The molecule has 0 atom stereocenters. The van der Waals surface area contributed by atoms with Crippen molar-refractivity contribution in [1.29, 1.82) is 0 Å². The molecule has 0 radical (unpaired) electrons. The molecule has 5 aromatic rings. The van der Waals surface area contributed by atoms with Crippen molar-refractivity contribution >= 4 is 114 Å². The molecule has 5 rings (SSSR count). The van der Waals surface area contributed by atoms with Crippen LogP contribution in [0.5, 0.6) is 0 Å². The van der Waals surface area contributed by atoms with Crippen molar-refractivity contribution in [2.45, 2.75) is 48.5 Å². The molecule has 0 aliphatic carbocycles. The van der Waals surface area contributed by atoms with Crippen LogP contribution in [-0.2, 0) is 0 Å². The van der Waals surface area contributed by atoms with Gasteiger partial charge in [-0.15, -0.1) is 0 Å². The summed E-state index contributed by atoms with van der Waals surface area (Å²) in [5.74, 6) is 0. The Labute approximate surface area is 323 Å². The second kappa shape index (κ2) is 21.8. The maximum atomic E-state index is 5.72. The van der Waals surface area contributed by atoms with Crippen molar-refractivity contribution in [1.82, 2.24) is 24.9 Å². The molecule has 5 heterocycles. The van der Waals surface area contributed by atoms with Gasteiger partial charge in [-0.1, -0.05) is 34.8 Å². The van der Waals surface area contributed by atoms with E-state index in [9.17, 15) is 0 Å². The topological polar surface area (TPSA) is 64.5 Å². The molecule has 45 heavy (non-hydrogen) atoms. The van der Waals surface area contributed by atoms with Gasteiger partial charge in [0.05, 0.1) is 20.9 Å². The predicted molar refractivity (Wildman–Crippen MR) is 208 cm³/mol. The highest BCUT2D eigenvalue weighted by Crippen LogP contribution is 2.20. The van der Waals surface area contributed by atoms with Crippen molar-refractivity contribution in [2.24, 2.45) is 0 Å². The van der Waals surface area contributed by atoms with Crippen molar-refractivity contribution in [2.75, 3.05) is 0 Å². The van der Waals surface area contributed by atoms with E-state index in [2.05, 4.69) is 111 Å². The lowest BCUT2D eigenvalue weighted by Crippen LogP contribution is -1.84. The summed E-state index contributed by atoms with van der Waals surface area (Å²) in [6.07, 6.45) is 5.21. The lowest BCUT2D eigenvalue weighted by Gasteiger charge is -1.96. The molecule has 0 aliphatic heterocycles. The van der Waals surface area contributed by atoms with Gasteiger partial charge in [-0.05, 0) is 182 Å². The third-order valence-electron chi connectivity index (χ3n) is 5.38. The summed E-state index contributed by atoms with van der Waals surface area (Å²) in [7, 11) is 0. The summed E-state index contributed by atoms with van der Waals surface area (Å²) < 4.78 is 4.84. The van der Waals surface area contributed by atoms with Crippen LogP contribution >= 0.6 is 114 Å². The molecule has 0 aromatic carbocycles. The number of hydrogen-bond acceptors (Lipinski definition) is 5. The molecular formula is C32H31Br5Cl3N5. The molecule has 0 bridgehead atoms. The second-order valence-electron chi connectivity index (χ2n) is 9.28. The van der Waals surface area contributed by atoms with Crippen molar-refractivity contribution in [3.05, 3.63) is 138 Å². The monoisotopic (exact) mass is 985 g/mol. The highest BCUT2D eigenvalue weighted by atomic mass is 79.9. The lowest BCUT2D eigenvalue weighted by atomic mass is 10.2. The molecule has 13 heteroatoms. The Morgan fingerprint density at radius 1 is 0.467 bits per heavy atom. The molecule has 5 nitrogen and oxygen atoms in total. The average Bonchev–Trinajstić information content (AvgIpc) is 2.97. The second-order valence-corrected chi connectivity index (χ2v) is 14.9. The fourth-order valence-corrected chi connectivity index (χ4v) is 5.06. The maximum absolute atomic E-state index is 5.72. The Hall–Kier alpha value is -0.980. The summed E-state index contributed by atoms with van der Waals surface area (Å²) in [4.78, 5) is 20.2. The zero-order chi connectivity index (χ0) is 34.3. The molecular weight excluding hydrogens is 960 g/mol. The zero-order valence-corrected chi connectivity index (χ0v) is 35.7. The molecule has 0 aliphatic rings. The van der Waals surface area contributed by atoms with Crippen LogP contribution in [0.15, 0.2) is 83.4 Å². The van der Waals surface area contributed by atoms with E-state index in [0.717, 1.165) is 56.4 Å². The van der Waals surface area contributed by atoms with Crippen LogP contribution in [0.2, 0.25) is 15.3 Å². The number of rotatable bonds is 0. The minimum Gasteiger partial charge on any atom is -0.260 e. The minimum absolute atomic E-state index is 0.523. The highest BCUT2D eigenvalue weighted by molar-refractivity contribution is 9.11. The molecule has 0 unspecified atom stereocenters. The SMILES string of the molecule is Cc1cc(Br)cnc1C.Cc1cc(Br)cnc1Cl.Cc1ccc(Br)c(C)n1.Cc1ccc(Br)c(Cl)n1.Cc1ncc(Br)cc1Cl. The van der Waals surface area contributed by atoms with Gasteiger partial charge in [-0.3, -0.25) is 15.0 Å². The zero-order valence-electron chi connectivity index (χ0n) is 25.5. The van der Waals surface area contributed by atoms with Crippen LogP contribution in [0, 0.1) is 48.5 Å². The van der Waals surface area contributed by atoms with E-state index >= 15 is 0 Å². The van der Waals surface area contributed by atoms with E-state index in [4.69, 9.17) is 34.8 Å². The van der Waals surface area contributed by atoms with Gasteiger partial charge in [-0.2, -0.15) is 0 Å². The molecule has 0 spiro atoms. The Kier molecular flexibility index (Phi) is 20.4. The predicted octanol–water partition coefficient (Wildman–Crippen LogP) is 13.3. The lowest BCUT2D eigenvalue weighted by molar-refractivity contribution is 1.11. The normalized spacial score (nSPS) is 9.67. The van der Waals surface area contributed by atoms with Crippen LogP contribution in [-0.4, -0.2) is 24.9 Å². The van der Waals surface area contributed by atoms with E-state index < -0.39 is 0 Å². The van der Waals surface area contributed by atoms with E-state index in [-0.39, 0.29) is 0 Å². The third-order valence-corrected chi connectivity index (χ3v) is 9.46. The first-order chi connectivity index (χ1) is 21.0. The van der Waals surface area contributed by atoms with Gasteiger partial charge in [0.2, 0.25) is 0 Å². The average molecular weight is 992 g/mol. The van der Waals surface area contributed by atoms with Crippen LogP contribution in [0.1, 0.15) is 39.6 Å². The quantitative estimate of drug-likeness (QED) is 0.145. The smallest absolute Gasteiger partial charge is 0.143 e. The Bertz CT molecular complexity index is 1400. The Morgan fingerprint density at radius 2 is 0.933 bits per heavy atom. The maximum Gasteiger partial charge on any atom is 0.143 e. The Balaban J connectivity index is 0.000000281. The molecule has 240 valence electrons. The molecule has 5 aromatic heterocycles. The molecule has 0 saturated heterocycles. The number of nitrogens with zero attached hydrogens (tertiary/aromatic N) is 5. The fourth-order valence-electron chi connectivity index (χ4n) is 2.79. The third kappa shape index (κ3) is 17.7. The van der Waals surface area contributed by atoms with E-state index in [1.54, 1.807) is 12.4 Å². The van der Waals surface area contributed by atoms with Gasteiger partial charge in [0.15, 0.2) is 0 Å². The van der Waals surface area contributed by atoms with Crippen LogP contribution < -0.4 is 0 Å². The van der Waals surface area contributed by atoms with Crippen molar-refractivity contribution in [3.8, 4) is 0 Å². The van der Waals surface area contributed by atoms with Crippen LogP contribution in [0.3, 0.4) is 0 Å². The van der Waals surface area contributed by atoms with E-state index in [0.29, 0.717) is 15.3 Å². The van der Waals surface area contributed by atoms with Crippen LogP contribution in [0.4, 0.5) is 0 Å². The van der Waals surface area contributed by atoms with Crippen LogP contribution in [0.25, 0.3) is 0 Å². The number of hydrogen-bond donors (Lipinski definition) is 0. The van der Waals surface area contributed by atoms with Gasteiger partial charge in [-0.25, -0.2) is 9.97 Å². The van der Waals surface area contributed by atoms with Gasteiger partial charge < -0.3 is 0 Å². The van der Waals surface area contributed by atoms with Gasteiger partial charge in [0.1, 0.15) is 10.3 Å². The number of aryl methyl sites for hydroxylation is 7. The number of aromatic nitrogens is 5. The first-order valence-electron chi connectivity index (χ1n) is 13.0. The molecule has 0 fully saturated rings. The first-order valence-corrected chi connectivity index (χ1v) is 18.1. The minimum atomic E-state index is 0.523. The molecule has 0 amide bonds. The van der Waals surface area contributed by atoms with E-state index in [1.807, 2.05) is 91.1 Å². The standard InChI is InChI=1S/2C7H8BrN.3C6H5BrClN/c1-5-3-7(8)4-9-6(5)2;1-5-3-4-7(8)6(2)9-5;1-4-6(8)2-5(7)3-9-4;1-4-2-5(7)3-9-6(4)8;1-4-2-3-5(7)6(8)9-4/h2*3-4H,1-2H3;3*2-3H,1H3. The van der Waals surface area contributed by atoms with E-state index in [1.165, 1.54) is 5.56 Å². The Morgan fingerprint density at radius 3 is 1.31 bits per heavy atom. The van der Waals surface area contributed by atoms with Gasteiger partial charge in [0.25, 0.3) is 0 Å². The van der Waals surface area contributed by atoms with Gasteiger partial charge >= 0.3 is 0 Å². The summed E-state index contributed by atoms with van der Waals surface area (Å²) in [6, 6.07) is 13.6. The highest BCUT2D eigenvalue weighted by Gasteiger charge is 1.97. The fraction of sp³-hybridized carbons (Fsp3) is 0.219. The van der Waals surface area contributed by atoms with Gasteiger partial charge in [0, 0.05) is 53.6 Å². The number of halogens is 8. The molecule has 0 N–H and O–H groups in total. The summed E-state index contributed by atoms with van der Waals surface area (Å²) in [5, 5.41) is 1.79. The van der Waals surface area contributed by atoms with Crippen molar-refractivity contribution < 1.29 is 0 Å². The van der Waals surface area contributed by atoms with Crippen molar-refractivity contribution in [3.63, 3.8) is 0 Å². The largest absolute Gasteiger partial charge is 0.260 e. The number of pyridine rings is 5. The summed E-state index contributed by atoms with van der Waals surface area (Å²) in [5.41, 5.74) is 7.22.